The highest BCUT2D eigenvalue weighted by Gasteiger charge is 2.30. The Morgan fingerprint density at radius 1 is 1.19 bits per heavy atom. The molecule has 4 nitrogen and oxygen atoms in total. The number of halogens is 3. The third-order valence-corrected chi connectivity index (χ3v) is 2.81. The molecule has 0 unspecified atom stereocenters. The molecule has 1 rings (SSSR count). The van der Waals surface area contributed by atoms with Gasteiger partial charge in [0.05, 0.1) is 12.0 Å². The van der Waals surface area contributed by atoms with Gasteiger partial charge in [-0.3, -0.25) is 9.59 Å². The maximum Gasteiger partial charge on any atom is 0.416 e. The van der Waals surface area contributed by atoms with Crippen molar-refractivity contribution in [2.75, 3.05) is 13.1 Å². The number of amides is 1. The van der Waals surface area contributed by atoms with E-state index in [1.54, 1.807) is 6.92 Å². The normalized spacial score (nSPS) is 11.2. The van der Waals surface area contributed by atoms with Crippen LogP contribution in [0.4, 0.5) is 13.2 Å². The first kappa shape index (κ1) is 17.0. The number of carboxylic acid groups (broad SMARTS) is 1. The molecule has 0 aliphatic rings. The summed E-state index contributed by atoms with van der Waals surface area (Å²) in [6.07, 6.45) is -3.93. The number of aliphatic carboxylic acids is 1. The molecule has 1 amide bonds. The van der Waals surface area contributed by atoms with Crippen LogP contribution in [0.1, 0.15) is 24.5 Å². The van der Waals surface area contributed by atoms with Gasteiger partial charge < -0.3 is 10.0 Å². The second-order valence-corrected chi connectivity index (χ2v) is 4.58. The zero-order valence-corrected chi connectivity index (χ0v) is 11.5. The lowest BCUT2D eigenvalue weighted by Crippen LogP contribution is -2.37. The van der Waals surface area contributed by atoms with Crippen LogP contribution in [-0.4, -0.2) is 35.0 Å². The number of carbonyl (C=O) groups excluding carboxylic acids is 1. The van der Waals surface area contributed by atoms with Crippen molar-refractivity contribution in [3.8, 4) is 0 Å². The first-order chi connectivity index (χ1) is 9.74. The topological polar surface area (TPSA) is 57.6 Å². The summed E-state index contributed by atoms with van der Waals surface area (Å²) >= 11 is 0. The third kappa shape index (κ3) is 5.45. The van der Waals surface area contributed by atoms with Crippen molar-refractivity contribution < 1.29 is 27.9 Å². The van der Waals surface area contributed by atoms with Gasteiger partial charge in [0, 0.05) is 6.54 Å². The average molecular weight is 303 g/mol. The quantitative estimate of drug-likeness (QED) is 0.878. The molecule has 0 heterocycles. The predicted molar refractivity (Wildman–Crippen MR) is 69.7 cm³/mol. The van der Waals surface area contributed by atoms with Gasteiger partial charge in [0.1, 0.15) is 6.54 Å². The van der Waals surface area contributed by atoms with Gasteiger partial charge in [0.2, 0.25) is 5.91 Å². The summed E-state index contributed by atoms with van der Waals surface area (Å²) in [5.41, 5.74) is -0.367. The zero-order chi connectivity index (χ0) is 16.0. The van der Waals surface area contributed by atoms with Crippen LogP contribution in [0.2, 0.25) is 0 Å². The van der Waals surface area contributed by atoms with Crippen molar-refractivity contribution in [2.24, 2.45) is 0 Å². The Balaban J connectivity index is 2.74. The van der Waals surface area contributed by atoms with E-state index in [0.29, 0.717) is 18.5 Å². The lowest BCUT2D eigenvalue weighted by atomic mass is 10.1. The summed E-state index contributed by atoms with van der Waals surface area (Å²) in [7, 11) is 0. The number of carbonyl (C=O) groups is 2. The highest BCUT2D eigenvalue weighted by atomic mass is 19.4. The first-order valence-corrected chi connectivity index (χ1v) is 6.39. The van der Waals surface area contributed by atoms with Gasteiger partial charge in [-0.15, -0.1) is 0 Å². The highest BCUT2D eigenvalue weighted by molar-refractivity contribution is 5.83. The van der Waals surface area contributed by atoms with Gasteiger partial charge in [-0.1, -0.05) is 19.1 Å². The standard InChI is InChI=1S/C14H16F3NO3/c1-2-7-18(9-13(20)21)12(19)8-10-3-5-11(6-4-10)14(15,16)17/h3-6H,2,7-9H2,1H3,(H,20,21). The van der Waals surface area contributed by atoms with Crippen LogP contribution < -0.4 is 0 Å². The van der Waals surface area contributed by atoms with E-state index in [1.165, 1.54) is 17.0 Å². The minimum absolute atomic E-state index is 0.120. The van der Waals surface area contributed by atoms with E-state index in [-0.39, 0.29) is 6.42 Å². The van der Waals surface area contributed by atoms with Crippen LogP contribution >= 0.6 is 0 Å². The van der Waals surface area contributed by atoms with Gasteiger partial charge in [0.15, 0.2) is 0 Å². The van der Waals surface area contributed by atoms with Gasteiger partial charge >= 0.3 is 12.1 Å². The number of carboxylic acids is 1. The molecule has 0 saturated carbocycles. The third-order valence-electron chi connectivity index (χ3n) is 2.81. The molecule has 0 aromatic heterocycles. The van der Waals surface area contributed by atoms with Gasteiger partial charge in [-0.25, -0.2) is 0 Å². The molecule has 0 atom stereocenters. The number of nitrogens with zero attached hydrogens (tertiary/aromatic N) is 1. The molecule has 0 aliphatic heterocycles. The fourth-order valence-electron chi connectivity index (χ4n) is 1.82. The minimum Gasteiger partial charge on any atom is -0.480 e. The van der Waals surface area contributed by atoms with Crippen molar-refractivity contribution >= 4 is 11.9 Å². The maximum absolute atomic E-state index is 12.4. The SMILES string of the molecule is CCCN(CC(=O)O)C(=O)Cc1ccc(C(F)(F)F)cc1. The fraction of sp³-hybridized carbons (Fsp3) is 0.429. The molecular formula is C14H16F3NO3. The minimum atomic E-state index is -4.42. The number of hydrogen-bond acceptors (Lipinski definition) is 2. The maximum atomic E-state index is 12.4. The summed E-state index contributed by atoms with van der Waals surface area (Å²) in [6, 6.07) is 4.27. The Labute approximate surface area is 120 Å². The molecule has 0 spiro atoms. The second-order valence-electron chi connectivity index (χ2n) is 4.58. The van der Waals surface area contributed by atoms with E-state index in [2.05, 4.69) is 0 Å². The number of alkyl halides is 3. The molecule has 0 bridgehead atoms. The van der Waals surface area contributed by atoms with Crippen LogP contribution in [0, 0.1) is 0 Å². The number of hydrogen-bond donors (Lipinski definition) is 1. The van der Waals surface area contributed by atoms with Crippen LogP contribution in [0.5, 0.6) is 0 Å². The van der Waals surface area contributed by atoms with Crippen molar-refractivity contribution in [2.45, 2.75) is 25.9 Å². The number of rotatable bonds is 6. The molecular weight excluding hydrogens is 287 g/mol. The smallest absolute Gasteiger partial charge is 0.416 e. The summed E-state index contributed by atoms with van der Waals surface area (Å²) in [4.78, 5) is 23.8. The van der Waals surface area contributed by atoms with Crippen molar-refractivity contribution in [3.05, 3.63) is 35.4 Å². The van der Waals surface area contributed by atoms with E-state index in [4.69, 9.17) is 5.11 Å². The highest BCUT2D eigenvalue weighted by Crippen LogP contribution is 2.29. The summed E-state index contributed by atoms with van der Waals surface area (Å²) in [6.45, 7) is 1.69. The van der Waals surface area contributed by atoms with Crippen LogP contribution in [0.15, 0.2) is 24.3 Å². The molecule has 116 valence electrons. The molecule has 1 aromatic rings. The molecule has 0 saturated heterocycles. The van der Waals surface area contributed by atoms with Crippen LogP contribution in [0.25, 0.3) is 0 Å². The number of benzene rings is 1. The fourth-order valence-corrected chi connectivity index (χ4v) is 1.82. The molecule has 1 aromatic carbocycles. The molecule has 7 heteroatoms. The average Bonchev–Trinajstić information content (AvgIpc) is 2.37. The summed E-state index contributed by atoms with van der Waals surface area (Å²) in [5, 5.41) is 8.73. The van der Waals surface area contributed by atoms with Crippen molar-refractivity contribution in [3.63, 3.8) is 0 Å². The Kier molecular flexibility index (Phi) is 5.75. The van der Waals surface area contributed by atoms with Gasteiger partial charge in [0.25, 0.3) is 0 Å². The van der Waals surface area contributed by atoms with E-state index in [9.17, 15) is 22.8 Å². The molecule has 21 heavy (non-hydrogen) atoms. The lowest BCUT2D eigenvalue weighted by Gasteiger charge is -2.20. The first-order valence-electron chi connectivity index (χ1n) is 6.39. The van der Waals surface area contributed by atoms with Crippen LogP contribution in [0.3, 0.4) is 0 Å². The van der Waals surface area contributed by atoms with Crippen LogP contribution in [-0.2, 0) is 22.2 Å². The largest absolute Gasteiger partial charge is 0.480 e. The zero-order valence-electron chi connectivity index (χ0n) is 11.5. The van der Waals surface area contributed by atoms with E-state index < -0.39 is 30.2 Å². The van der Waals surface area contributed by atoms with Gasteiger partial charge in [-0.05, 0) is 24.1 Å². The Morgan fingerprint density at radius 2 is 1.76 bits per heavy atom. The molecule has 0 aliphatic carbocycles. The van der Waals surface area contributed by atoms with Gasteiger partial charge in [-0.2, -0.15) is 13.2 Å². The summed E-state index contributed by atoms with van der Waals surface area (Å²) in [5.74, 6) is -1.54. The Bertz CT molecular complexity index is 497. The van der Waals surface area contributed by atoms with Crippen molar-refractivity contribution in [1.29, 1.82) is 0 Å². The molecule has 0 fully saturated rings. The second kappa shape index (κ2) is 7.10. The predicted octanol–water partition coefficient (Wildman–Crippen LogP) is 2.57. The van der Waals surface area contributed by atoms with E-state index >= 15 is 0 Å². The Morgan fingerprint density at radius 3 is 2.19 bits per heavy atom. The molecule has 0 radical (unpaired) electrons. The Hall–Kier alpha value is -2.05. The van der Waals surface area contributed by atoms with Crippen molar-refractivity contribution in [1.82, 2.24) is 4.90 Å². The monoisotopic (exact) mass is 303 g/mol. The van der Waals surface area contributed by atoms with E-state index in [1.807, 2.05) is 0 Å². The van der Waals surface area contributed by atoms with E-state index in [0.717, 1.165) is 12.1 Å². The lowest BCUT2D eigenvalue weighted by molar-refractivity contribution is -0.144. The summed E-state index contributed by atoms with van der Waals surface area (Å²) < 4.78 is 37.2. The molecule has 1 N–H and O–H groups in total.